The van der Waals surface area contributed by atoms with Crippen molar-refractivity contribution in [1.29, 1.82) is 0 Å². The zero-order valence-electron chi connectivity index (χ0n) is 22.3. The Labute approximate surface area is 278 Å². The van der Waals surface area contributed by atoms with Gasteiger partial charge in [-0.05, 0) is 47.7 Å². The predicted octanol–water partition coefficient (Wildman–Crippen LogP) is 0.895. The van der Waals surface area contributed by atoms with Crippen LogP contribution in [0.25, 0.3) is 0 Å². The van der Waals surface area contributed by atoms with Gasteiger partial charge >= 0.3 is 17.1 Å². The first kappa shape index (κ1) is 34.9. The second-order valence-corrected chi connectivity index (χ2v) is 13.1. The Hall–Kier alpha value is -2.34. The van der Waals surface area contributed by atoms with Gasteiger partial charge in [0, 0.05) is 0 Å². The van der Waals surface area contributed by atoms with E-state index < -0.39 is 15.8 Å². The number of benzene rings is 6. The average molecular weight is 740 g/mol. The van der Waals surface area contributed by atoms with E-state index in [2.05, 4.69) is 182 Å². The van der Waals surface area contributed by atoms with Crippen LogP contribution < -0.4 is 65.8 Å². The van der Waals surface area contributed by atoms with Gasteiger partial charge in [0.1, 0.15) is 0 Å². The van der Waals surface area contributed by atoms with Crippen LogP contribution in [0.15, 0.2) is 182 Å². The molecule has 0 aliphatic heterocycles. The Morgan fingerprint density at radius 1 is 0.220 bits per heavy atom. The van der Waals surface area contributed by atoms with Gasteiger partial charge in [-0.15, -0.1) is 0 Å². The van der Waals surface area contributed by atoms with E-state index in [9.17, 15) is 0 Å². The van der Waals surface area contributed by atoms with Crippen molar-refractivity contribution in [3.8, 4) is 0 Å². The Morgan fingerprint density at radius 3 is 0.463 bits per heavy atom. The fourth-order valence-electron chi connectivity index (χ4n) is 4.36. The molecule has 0 aromatic heterocycles. The van der Waals surface area contributed by atoms with Gasteiger partial charge in [0.25, 0.3) is 0 Å². The molecule has 0 saturated carbocycles. The van der Waals surface area contributed by atoms with Crippen LogP contribution in [0.4, 0.5) is 0 Å². The molecule has 0 fully saturated rings. The summed E-state index contributed by atoms with van der Waals surface area (Å²) in [5, 5.41) is 8.39. The zero-order valence-corrected chi connectivity index (χ0v) is 28.4. The van der Waals surface area contributed by atoms with Crippen LogP contribution in [0.2, 0.25) is 0 Å². The van der Waals surface area contributed by atoms with Gasteiger partial charge in [-0.25, -0.2) is 0 Å². The molecule has 0 aliphatic rings. The molecule has 0 bridgehead atoms. The largest absolute Gasteiger partial charge is 2.00 e. The minimum absolute atomic E-state index is 0. The molecule has 41 heavy (non-hydrogen) atoms. The predicted molar refractivity (Wildman–Crippen MR) is 170 cm³/mol. The number of hydrogen-bond acceptors (Lipinski definition) is 0. The molecule has 6 rings (SSSR count). The van der Waals surface area contributed by atoms with Crippen molar-refractivity contribution in [1.82, 2.24) is 0 Å². The second kappa shape index (κ2) is 19.0. The van der Waals surface area contributed by atoms with E-state index in [0.29, 0.717) is 0 Å². The molecule has 206 valence electrons. The van der Waals surface area contributed by atoms with Crippen molar-refractivity contribution in [2.45, 2.75) is 0 Å². The number of rotatable bonds is 6. The van der Waals surface area contributed by atoms with Gasteiger partial charge in [-0.2, -0.15) is 0 Å². The first-order valence-electron chi connectivity index (χ1n) is 12.8. The third-order valence-corrected chi connectivity index (χ3v) is 11.0. The molecule has 0 atom stereocenters. The Morgan fingerprint density at radius 2 is 0.341 bits per heavy atom. The standard InChI is InChI=1S/2C18H15P.2BrH.Fe/c2*1-4-10-16(11-5-1)19(17-12-6-2-7-13-17)18-14-8-3-9-15-18;;;/h2*1-15H;2*1H;/q;;;;+2/p-2. The zero-order chi connectivity index (χ0) is 25.8. The Bertz CT molecular complexity index is 1180. The van der Waals surface area contributed by atoms with Gasteiger partial charge in [0.05, 0.1) is 0 Å². The third kappa shape index (κ3) is 9.87. The summed E-state index contributed by atoms with van der Waals surface area (Å²) in [5.74, 6) is 0. The van der Waals surface area contributed by atoms with E-state index in [0.717, 1.165) is 0 Å². The molecule has 0 saturated heterocycles. The van der Waals surface area contributed by atoms with E-state index in [-0.39, 0.29) is 51.0 Å². The van der Waals surface area contributed by atoms with Gasteiger partial charge < -0.3 is 34.0 Å². The summed E-state index contributed by atoms with van der Waals surface area (Å²) in [7, 11) is -0.892. The molecule has 0 N–H and O–H groups in total. The summed E-state index contributed by atoms with van der Waals surface area (Å²) in [4.78, 5) is 0. The van der Waals surface area contributed by atoms with E-state index in [1.165, 1.54) is 31.8 Å². The first-order chi connectivity index (χ1) is 18.9. The average Bonchev–Trinajstić information content (AvgIpc) is 3.01. The fraction of sp³-hybridized carbons (Fsp3) is 0. The summed E-state index contributed by atoms with van der Waals surface area (Å²) < 4.78 is 0. The minimum atomic E-state index is -0.446. The SMILES string of the molecule is [Br-].[Br-].[Fe+2].c1ccc(P(c2ccccc2)c2ccccc2)cc1.c1ccc(P(c2ccccc2)c2ccccc2)cc1. The maximum absolute atomic E-state index is 2.23. The van der Waals surface area contributed by atoms with Crippen molar-refractivity contribution >= 4 is 47.7 Å². The van der Waals surface area contributed by atoms with Crippen LogP contribution in [0.3, 0.4) is 0 Å². The number of hydrogen-bond donors (Lipinski definition) is 0. The molecule has 0 nitrogen and oxygen atoms in total. The molecule has 0 amide bonds. The van der Waals surface area contributed by atoms with Crippen LogP contribution in [-0.2, 0) is 17.1 Å². The summed E-state index contributed by atoms with van der Waals surface area (Å²) in [6.07, 6.45) is 0. The molecule has 0 heterocycles. The molecule has 0 unspecified atom stereocenters. The monoisotopic (exact) mass is 738 g/mol. The quantitative estimate of drug-likeness (QED) is 0.176. The fourth-order valence-corrected chi connectivity index (χ4v) is 8.97. The molecule has 0 spiro atoms. The molecule has 6 aromatic carbocycles. The van der Waals surface area contributed by atoms with Crippen molar-refractivity contribution in [2.24, 2.45) is 0 Å². The van der Waals surface area contributed by atoms with Crippen molar-refractivity contribution in [3.05, 3.63) is 182 Å². The van der Waals surface area contributed by atoms with Crippen molar-refractivity contribution in [3.63, 3.8) is 0 Å². The third-order valence-electron chi connectivity index (χ3n) is 6.09. The van der Waals surface area contributed by atoms with Crippen LogP contribution >= 0.6 is 15.8 Å². The van der Waals surface area contributed by atoms with Gasteiger partial charge in [-0.1, -0.05) is 182 Å². The van der Waals surface area contributed by atoms with E-state index in [1.807, 2.05) is 0 Å². The molecule has 0 aliphatic carbocycles. The topological polar surface area (TPSA) is 0 Å². The molecule has 6 aromatic rings. The molecule has 5 heteroatoms. The maximum Gasteiger partial charge on any atom is 2.00 e. The van der Waals surface area contributed by atoms with E-state index in [4.69, 9.17) is 0 Å². The first-order valence-corrected chi connectivity index (χ1v) is 15.5. The summed E-state index contributed by atoms with van der Waals surface area (Å²) in [5.41, 5.74) is 0. The molecular weight excluding hydrogens is 710 g/mol. The van der Waals surface area contributed by atoms with Crippen molar-refractivity contribution < 1.29 is 51.0 Å². The second-order valence-electron chi connectivity index (χ2n) is 8.68. The smallest absolute Gasteiger partial charge is 1.00 e. The Balaban J connectivity index is 0.000000267. The van der Waals surface area contributed by atoms with Gasteiger partial charge in [-0.3, -0.25) is 0 Å². The normalized spacial score (nSPS) is 9.80. The van der Waals surface area contributed by atoms with Gasteiger partial charge in [0.15, 0.2) is 0 Å². The van der Waals surface area contributed by atoms with E-state index in [1.54, 1.807) is 0 Å². The van der Waals surface area contributed by atoms with Crippen LogP contribution in [0.5, 0.6) is 0 Å². The van der Waals surface area contributed by atoms with E-state index >= 15 is 0 Å². The molecule has 0 radical (unpaired) electrons. The maximum atomic E-state index is 2.23. The summed E-state index contributed by atoms with van der Waals surface area (Å²) in [6.45, 7) is 0. The van der Waals surface area contributed by atoms with Crippen LogP contribution in [0, 0.1) is 0 Å². The molecular formula is C36H30Br2FeP2. The van der Waals surface area contributed by atoms with Crippen LogP contribution in [0.1, 0.15) is 0 Å². The summed E-state index contributed by atoms with van der Waals surface area (Å²) >= 11 is 0. The Kier molecular flexibility index (Phi) is 16.1. The minimum Gasteiger partial charge on any atom is -1.00 e. The summed E-state index contributed by atoms with van der Waals surface area (Å²) in [6, 6.07) is 64.7. The van der Waals surface area contributed by atoms with Crippen molar-refractivity contribution in [2.75, 3.05) is 0 Å². The van der Waals surface area contributed by atoms with Gasteiger partial charge in [0.2, 0.25) is 0 Å². The van der Waals surface area contributed by atoms with Crippen LogP contribution in [-0.4, -0.2) is 0 Å². The number of halogens is 2.